The summed E-state index contributed by atoms with van der Waals surface area (Å²) in [6, 6.07) is 14.7. The Morgan fingerprint density at radius 1 is 1.08 bits per heavy atom. The number of nitrogens with one attached hydrogen (secondary N) is 1. The second-order valence-electron chi connectivity index (χ2n) is 6.28. The lowest BCUT2D eigenvalue weighted by molar-refractivity contribution is -0.116. The zero-order valence-electron chi connectivity index (χ0n) is 15.2. The minimum atomic E-state index is -0.130. The Balaban J connectivity index is 1.74. The lowest BCUT2D eigenvalue weighted by atomic mass is 10.2. The van der Waals surface area contributed by atoms with E-state index in [4.69, 9.17) is 0 Å². The van der Waals surface area contributed by atoms with Crippen molar-refractivity contribution in [2.24, 2.45) is 0 Å². The second-order valence-corrected chi connectivity index (χ2v) is 6.28. The van der Waals surface area contributed by atoms with Crippen LogP contribution in [0, 0.1) is 0 Å². The van der Waals surface area contributed by atoms with E-state index in [1.54, 1.807) is 38.4 Å². The number of amides is 2. The molecule has 6 nitrogen and oxygen atoms in total. The van der Waals surface area contributed by atoms with Gasteiger partial charge in [0.15, 0.2) is 0 Å². The monoisotopic (exact) mass is 350 g/mol. The summed E-state index contributed by atoms with van der Waals surface area (Å²) < 4.78 is 1.94. The standard InChI is InChI=1S/C20H22N4O2/c1-4-18-22-16-7-5-6-8-17(16)24(18)13-19(25)21-15-11-9-14(10-12-15)20(26)23(2)3/h5-12H,4,13H2,1-3H3,(H,21,25). The maximum absolute atomic E-state index is 12.5. The van der Waals surface area contributed by atoms with Gasteiger partial charge >= 0.3 is 0 Å². The largest absolute Gasteiger partial charge is 0.345 e. The van der Waals surface area contributed by atoms with Crippen molar-refractivity contribution in [2.75, 3.05) is 19.4 Å². The lowest BCUT2D eigenvalue weighted by Gasteiger charge is -2.12. The van der Waals surface area contributed by atoms with Gasteiger partial charge in [-0.05, 0) is 36.4 Å². The van der Waals surface area contributed by atoms with Gasteiger partial charge in [-0.15, -0.1) is 0 Å². The fourth-order valence-electron chi connectivity index (χ4n) is 2.87. The maximum Gasteiger partial charge on any atom is 0.253 e. The molecule has 1 heterocycles. The van der Waals surface area contributed by atoms with Crippen LogP contribution in [0.3, 0.4) is 0 Å². The van der Waals surface area contributed by atoms with Gasteiger partial charge in [0.05, 0.1) is 11.0 Å². The quantitative estimate of drug-likeness (QED) is 0.769. The summed E-state index contributed by atoms with van der Waals surface area (Å²) >= 11 is 0. The predicted molar refractivity (Wildman–Crippen MR) is 102 cm³/mol. The molecule has 0 fully saturated rings. The fourth-order valence-corrected chi connectivity index (χ4v) is 2.87. The first-order valence-electron chi connectivity index (χ1n) is 8.55. The molecule has 1 aromatic heterocycles. The van der Waals surface area contributed by atoms with E-state index in [2.05, 4.69) is 10.3 Å². The van der Waals surface area contributed by atoms with E-state index in [9.17, 15) is 9.59 Å². The van der Waals surface area contributed by atoms with E-state index in [0.29, 0.717) is 11.3 Å². The van der Waals surface area contributed by atoms with Gasteiger partial charge in [-0.25, -0.2) is 4.98 Å². The maximum atomic E-state index is 12.5. The Hall–Kier alpha value is -3.15. The fraction of sp³-hybridized carbons (Fsp3) is 0.250. The third kappa shape index (κ3) is 3.59. The number of hydrogen-bond acceptors (Lipinski definition) is 3. The van der Waals surface area contributed by atoms with Gasteiger partial charge in [-0.2, -0.15) is 0 Å². The van der Waals surface area contributed by atoms with Crippen LogP contribution in [0.1, 0.15) is 23.1 Å². The average Bonchev–Trinajstić information content (AvgIpc) is 2.99. The van der Waals surface area contributed by atoms with E-state index in [0.717, 1.165) is 23.3 Å². The molecule has 0 aliphatic rings. The summed E-state index contributed by atoms with van der Waals surface area (Å²) in [6.45, 7) is 2.22. The zero-order chi connectivity index (χ0) is 18.7. The van der Waals surface area contributed by atoms with E-state index in [1.807, 2.05) is 35.8 Å². The second kappa shape index (κ2) is 7.39. The first kappa shape index (κ1) is 17.7. The van der Waals surface area contributed by atoms with Crippen LogP contribution in [0.25, 0.3) is 11.0 Å². The Kier molecular flexibility index (Phi) is 5.02. The number of nitrogens with zero attached hydrogens (tertiary/aromatic N) is 3. The Bertz CT molecular complexity index is 942. The van der Waals surface area contributed by atoms with Gasteiger partial charge in [-0.1, -0.05) is 19.1 Å². The molecule has 3 rings (SSSR count). The van der Waals surface area contributed by atoms with Crippen molar-refractivity contribution in [2.45, 2.75) is 19.9 Å². The molecule has 6 heteroatoms. The number of aryl methyl sites for hydroxylation is 1. The molecule has 0 unspecified atom stereocenters. The van der Waals surface area contributed by atoms with Gasteiger partial charge in [0.25, 0.3) is 5.91 Å². The number of rotatable bonds is 5. The van der Waals surface area contributed by atoms with Crippen molar-refractivity contribution >= 4 is 28.5 Å². The molecular formula is C20H22N4O2. The highest BCUT2D eigenvalue weighted by Crippen LogP contribution is 2.17. The van der Waals surface area contributed by atoms with Gasteiger partial charge < -0.3 is 14.8 Å². The van der Waals surface area contributed by atoms with Crippen molar-refractivity contribution in [1.29, 1.82) is 0 Å². The summed E-state index contributed by atoms with van der Waals surface area (Å²) in [5.74, 6) is 0.683. The molecule has 1 N–H and O–H groups in total. The number of carbonyl (C=O) groups excluding carboxylic acids is 2. The molecule has 0 aliphatic heterocycles. The summed E-state index contributed by atoms with van der Waals surface area (Å²) in [7, 11) is 3.41. The molecule has 0 saturated carbocycles. The Labute approximate surface area is 152 Å². The first-order valence-corrected chi connectivity index (χ1v) is 8.55. The summed E-state index contributed by atoms with van der Waals surface area (Å²) in [4.78, 5) is 30.5. The molecule has 3 aromatic rings. The van der Waals surface area contributed by atoms with Crippen LogP contribution in [-0.4, -0.2) is 40.4 Å². The molecule has 26 heavy (non-hydrogen) atoms. The molecule has 0 bridgehead atoms. The number of benzene rings is 2. The third-order valence-corrected chi connectivity index (χ3v) is 4.17. The van der Waals surface area contributed by atoms with Crippen LogP contribution < -0.4 is 5.32 Å². The molecule has 2 amide bonds. The molecule has 0 aliphatic carbocycles. The van der Waals surface area contributed by atoms with E-state index >= 15 is 0 Å². The number of anilines is 1. The lowest BCUT2D eigenvalue weighted by Crippen LogP contribution is -2.22. The molecule has 0 radical (unpaired) electrons. The molecule has 2 aromatic carbocycles. The molecule has 0 spiro atoms. The highest BCUT2D eigenvalue weighted by atomic mass is 16.2. The topological polar surface area (TPSA) is 67.2 Å². The number of fused-ring (bicyclic) bond motifs is 1. The van der Waals surface area contributed by atoms with Crippen molar-refractivity contribution < 1.29 is 9.59 Å². The Morgan fingerprint density at radius 2 is 1.77 bits per heavy atom. The summed E-state index contributed by atoms with van der Waals surface area (Å²) in [5.41, 5.74) is 3.09. The minimum Gasteiger partial charge on any atom is -0.345 e. The van der Waals surface area contributed by atoms with E-state index in [1.165, 1.54) is 4.90 Å². The predicted octanol–water partition coefficient (Wildman–Crippen LogP) is 2.94. The smallest absolute Gasteiger partial charge is 0.253 e. The normalized spacial score (nSPS) is 10.7. The van der Waals surface area contributed by atoms with Gasteiger partial charge in [0, 0.05) is 31.8 Å². The molecule has 0 atom stereocenters. The Morgan fingerprint density at radius 3 is 2.42 bits per heavy atom. The van der Waals surface area contributed by atoms with E-state index < -0.39 is 0 Å². The van der Waals surface area contributed by atoms with Crippen molar-refractivity contribution in [3.63, 3.8) is 0 Å². The van der Waals surface area contributed by atoms with Crippen LogP contribution in [0.5, 0.6) is 0 Å². The molecular weight excluding hydrogens is 328 g/mol. The van der Waals surface area contributed by atoms with Crippen LogP contribution in [0.4, 0.5) is 5.69 Å². The highest BCUT2D eigenvalue weighted by Gasteiger charge is 2.13. The van der Waals surface area contributed by atoms with Crippen molar-refractivity contribution in [3.8, 4) is 0 Å². The SMILES string of the molecule is CCc1nc2ccccc2n1CC(=O)Nc1ccc(C(=O)N(C)C)cc1. The molecule has 134 valence electrons. The van der Waals surface area contributed by atoms with Gasteiger partial charge in [0.1, 0.15) is 12.4 Å². The summed E-state index contributed by atoms with van der Waals surface area (Å²) in [6.07, 6.45) is 0.753. The highest BCUT2D eigenvalue weighted by molar-refractivity contribution is 5.95. The number of carbonyl (C=O) groups is 2. The van der Waals surface area contributed by atoms with Gasteiger partial charge in [0.2, 0.25) is 5.91 Å². The number of aromatic nitrogens is 2. The summed E-state index contributed by atoms with van der Waals surface area (Å²) in [5, 5.41) is 2.88. The molecule has 0 saturated heterocycles. The zero-order valence-corrected chi connectivity index (χ0v) is 15.2. The number of imidazole rings is 1. The van der Waals surface area contributed by atoms with Crippen molar-refractivity contribution in [3.05, 3.63) is 59.9 Å². The number of hydrogen-bond donors (Lipinski definition) is 1. The van der Waals surface area contributed by atoms with Crippen LogP contribution in [-0.2, 0) is 17.8 Å². The minimum absolute atomic E-state index is 0.0691. The average molecular weight is 350 g/mol. The van der Waals surface area contributed by atoms with Crippen LogP contribution in [0.15, 0.2) is 48.5 Å². The third-order valence-electron chi connectivity index (χ3n) is 4.17. The van der Waals surface area contributed by atoms with Gasteiger partial charge in [-0.3, -0.25) is 9.59 Å². The van der Waals surface area contributed by atoms with Crippen molar-refractivity contribution in [1.82, 2.24) is 14.5 Å². The van der Waals surface area contributed by atoms with Crippen LogP contribution >= 0.6 is 0 Å². The number of para-hydroxylation sites is 2. The van der Waals surface area contributed by atoms with Crippen LogP contribution in [0.2, 0.25) is 0 Å². The first-order chi connectivity index (χ1) is 12.5. The van der Waals surface area contributed by atoms with E-state index in [-0.39, 0.29) is 18.4 Å².